The normalized spacial score (nSPS) is 10.9. The van der Waals surface area contributed by atoms with E-state index in [1.807, 2.05) is 0 Å². The number of hydrogen-bond donors (Lipinski definition) is 1. The van der Waals surface area contributed by atoms with Crippen LogP contribution in [0.4, 0.5) is 0 Å². The fourth-order valence-corrected chi connectivity index (χ4v) is 2.06. The minimum absolute atomic E-state index is 0.0742. The van der Waals surface area contributed by atoms with E-state index in [0.29, 0.717) is 35.5 Å². The molecule has 0 aliphatic carbocycles. The Morgan fingerprint density at radius 2 is 2.16 bits per heavy atom. The molecule has 0 fully saturated rings. The van der Waals surface area contributed by atoms with Gasteiger partial charge in [0, 0.05) is 12.2 Å². The molecule has 7 heteroatoms. The zero-order valence-electron chi connectivity index (χ0n) is 14.4. The molecule has 0 unspecified atom stereocenters. The molecule has 0 atom stereocenters. The number of benzene rings is 1. The number of hydrogen-bond acceptors (Lipinski definition) is 7. The van der Waals surface area contributed by atoms with E-state index in [4.69, 9.17) is 23.7 Å². The Kier molecular flexibility index (Phi) is 6.59. The molecule has 0 amide bonds. The molecule has 1 aromatic heterocycles. The van der Waals surface area contributed by atoms with Gasteiger partial charge in [0.05, 0.1) is 20.3 Å². The van der Waals surface area contributed by atoms with E-state index in [-0.39, 0.29) is 13.2 Å². The number of aliphatic hydroxyl groups excluding tert-OH is 1. The molecule has 0 aliphatic rings. The third-order valence-corrected chi connectivity index (χ3v) is 3.33. The van der Waals surface area contributed by atoms with E-state index in [0.717, 1.165) is 5.56 Å². The Hall–Kier alpha value is -2.80. The third kappa shape index (κ3) is 5.09. The number of carbonyl (C=O) groups is 1. The first kappa shape index (κ1) is 18.5. The number of rotatable bonds is 8. The average Bonchev–Trinajstić information content (AvgIpc) is 2.98. The minimum Gasteiger partial charge on any atom is -0.493 e. The Morgan fingerprint density at radius 3 is 2.84 bits per heavy atom. The molecule has 1 N–H and O–H groups in total. The molecule has 0 spiro atoms. The lowest BCUT2D eigenvalue weighted by Crippen LogP contribution is -2.00. The molecule has 7 nitrogen and oxygen atoms in total. The van der Waals surface area contributed by atoms with Crippen molar-refractivity contribution in [2.24, 2.45) is 0 Å². The lowest BCUT2D eigenvalue weighted by Gasteiger charge is -2.10. The smallest absolute Gasteiger partial charge is 0.330 e. The summed E-state index contributed by atoms with van der Waals surface area (Å²) in [6.45, 7) is 3.91. The Bertz CT molecular complexity index is 750. The predicted molar refractivity (Wildman–Crippen MR) is 90.2 cm³/mol. The first-order valence-corrected chi connectivity index (χ1v) is 7.79. The molecule has 2 aromatic rings. The molecule has 1 aromatic carbocycles. The maximum atomic E-state index is 11.3. The summed E-state index contributed by atoms with van der Waals surface area (Å²) in [6, 6.07) is 5.18. The van der Waals surface area contributed by atoms with Crippen molar-refractivity contribution in [3.05, 3.63) is 47.2 Å². The van der Waals surface area contributed by atoms with Gasteiger partial charge in [0.2, 0.25) is 5.89 Å². The zero-order valence-corrected chi connectivity index (χ0v) is 14.4. The quantitative estimate of drug-likeness (QED) is 0.580. The summed E-state index contributed by atoms with van der Waals surface area (Å²) in [5, 5.41) is 9.16. The van der Waals surface area contributed by atoms with Crippen LogP contribution in [0.1, 0.15) is 29.8 Å². The van der Waals surface area contributed by atoms with Gasteiger partial charge in [-0.2, -0.15) is 0 Å². The van der Waals surface area contributed by atoms with Crippen LogP contribution in [-0.2, 0) is 22.7 Å². The lowest BCUT2D eigenvalue weighted by molar-refractivity contribution is -0.137. The molecular weight excluding hydrogens is 326 g/mol. The van der Waals surface area contributed by atoms with E-state index in [9.17, 15) is 4.79 Å². The van der Waals surface area contributed by atoms with Gasteiger partial charge in [-0.25, -0.2) is 9.78 Å². The number of aliphatic hydroxyl groups is 1. The van der Waals surface area contributed by atoms with Gasteiger partial charge >= 0.3 is 5.97 Å². The number of methoxy groups -OCH3 is 1. The molecule has 0 aliphatic heterocycles. The van der Waals surface area contributed by atoms with Gasteiger partial charge in [0.1, 0.15) is 18.1 Å². The van der Waals surface area contributed by atoms with Gasteiger partial charge in [-0.15, -0.1) is 0 Å². The number of carbonyl (C=O) groups excluding carboxylic acids is 1. The third-order valence-electron chi connectivity index (χ3n) is 3.33. The van der Waals surface area contributed by atoms with Crippen molar-refractivity contribution in [2.45, 2.75) is 27.1 Å². The number of ether oxygens (including phenoxy) is 3. The lowest BCUT2D eigenvalue weighted by atomic mass is 10.2. The Labute approximate surface area is 145 Å². The molecule has 0 radical (unpaired) electrons. The van der Waals surface area contributed by atoms with Gasteiger partial charge in [0.15, 0.2) is 11.5 Å². The zero-order chi connectivity index (χ0) is 18.2. The van der Waals surface area contributed by atoms with Crippen molar-refractivity contribution >= 4 is 12.0 Å². The van der Waals surface area contributed by atoms with Gasteiger partial charge in [-0.3, -0.25) is 0 Å². The van der Waals surface area contributed by atoms with Crippen LogP contribution in [-0.4, -0.2) is 29.8 Å². The standard InChI is InChI=1S/C18H21NO6/c1-4-23-18(21)8-7-17-19-14(12(2)25-17)11-24-15-6-5-13(10-20)9-16(15)22-3/h5-9,20H,4,10-11H2,1-3H3/b8-7+. The van der Waals surface area contributed by atoms with Crippen molar-refractivity contribution in [3.8, 4) is 11.5 Å². The van der Waals surface area contributed by atoms with E-state index < -0.39 is 5.97 Å². The Morgan fingerprint density at radius 1 is 1.36 bits per heavy atom. The molecule has 0 saturated carbocycles. The summed E-state index contributed by atoms with van der Waals surface area (Å²) in [5.74, 6) is 1.49. The van der Waals surface area contributed by atoms with E-state index in [2.05, 4.69) is 4.98 Å². The molecule has 1 heterocycles. The maximum absolute atomic E-state index is 11.3. The van der Waals surface area contributed by atoms with Crippen molar-refractivity contribution < 1.29 is 28.5 Å². The van der Waals surface area contributed by atoms with Crippen LogP contribution in [0.2, 0.25) is 0 Å². The monoisotopic (exact) mass is 347 g/mol. The molecule has 0 bridgehead atoms. The van der Waals surface area contributed by atoms with Gasteiger partial charge < -0.3 is 23.7 Å². The van der Waals surface area contributed by atoms with E-state index >= 15 is 0 Å². The number of aromatic nitrogens is 1. The van der Waals surface area contributed by atoms with Gasteiger partial charge in [-0.05, 0) is 31.5 Å². The van der Waals surface area contributed by atoms with Crippen molar-refractivity contribution in [1.29, 1.82) is 0 Å². The highest BCUT2D eigenvalue weighted by atomic mass is 16.5. The summed E-state index contributed by atoms with van der Waals surface area (Å²) in [4.78, 5) is 15.6. The molecule has 25 heavy (non-hydrogen) atoms. The fourth-order valence-electron chi connectivity index (χ4n) is 2.06. The highest BCUT2D eigenvalue weighted by Crippen LogP contribution is 2.29. The van der Waals surface area contributed by atoms with Gasteiger partial charge in [0.25, 0.3) is 0 Å². The second kappa shape index (κ2) is 8.89. The Balaban J connectivity index is 2.05. The van der Waals surface area contributed by atoms with Crippen molar-refractivity contribution in [1.82, 2.24) is 4.98 Å². The van der Waals surface area contributed by atoms with Crippen LogP contribution in [0.25, 0.3) is 6.08 Å². The SMILES string of the molecule is CCOC(=O)/C=C/c1nc(COc2ccc(CO)cc2OC)c(C)o1. The second-order valence-corrected chi connectivity index (χ2v) is 5.07. The van der Waals surface area contributed by atoms with Crippen LogP contribution in [0.5, 0.6) is 11.5 Å². The predicted octanol–water partition coefficient (Wildman–Crippen LogP) is 2.64. The maximum Gasteiger partial charge on any atom is 0.330 e. The largest absolute Gasteiger partial charge is 0.493 e. The number of aryl methyl sites for hydroxylation is 1. The highest BCUT2D eigenvalue weighted by molar-refractivity contribution is 5.86. The summed E-state index contributed by atoms with van der Waals surface area (Å²) in [6.07, 6.45) is 2.71. The molecule has 0 saturated heterocycles. The summed E-state index contributed by atoms with van der Waals surface area (Å²) < 4.78 is 21.3. The first-order valence-electron chi connectivity index (χ1n) is 7.79. The number of nitrogens with zero attached hydrogens (tertiary/aromatic N) is 1. The highest BCUT2D eigenvalue weighted by Gasteiger charge is 2.11. The van der Waals surface area contributed by atoms with Gasteiger partial charge in [-0.1, -0.05) is 6.07 Å². The van der Waals surface area contributed by atoms with E-state index in [1.54, 1.807) is 32.0 Å². The molecule has 2 rings (SSSR count). The summed E-state index contributed by atoms with van der Waals surface area (Å²) in [7, 11) is 1.53. The first-order chi connectivity index (χ1) is 12.1. The second-order valence-electron chi connectivity index (χ2n) is 5.07. The minimum atomic E-state index is -0.454. The summed E-state index contributed by atoms with van der Waals surface area (Å²) in [5.41, 5.74) is 1.34. The molecular formula is C18H21NO6. The van der Waals surface area contributed by atoms with Crippen LogP contribution in [0.15, 0.2) is 28.7 Å². The van der Waals surface area contributed by atoms with Crippen molar-refractivity contribution in [3.63, 3.8) is 0 Å². The van der Waals surface area contributed by atoms with Crippen LogP contribution < -0.4 is 9.47 Å². The van der Waals surface area contributed by atoms with Crippen LogP contribution in [0.3, 0.4) is 0 Å². The number of oxazole rings is 1. The van der Waals surface area contributed by atoms with Crippen LogP contribution in [0, 0.1) is 6.92 Å². The summed E-state index contributed by atoms with van der Waals surface area (Å²) >= 11 is 0. The molecule has 134 valence electrons. The van der Waals surface area contributed by atoms with E-state index in [1.165, 1.54) is 19.3 Å². The fraction of sp³-hybridized carbons (Fsp3) is 0.333. The van der Waals surface area contributed by atoms with Crippen LogP contribution >= 0.6 is 0 Å². The average molecular weight is 347 g/mol. The van der Waals surface area contributed by atoms with Crippen molar-refractivity contribution in [2.75, 3.05) is 13.7 Å². The topological polar surface area (TPSA) is 91.0 Å². The number of esters is 1.